The van der Waals surface area contributed by atoms with E-state index in [9.17, 15) is 5.53 Å². The molecule has 51 heavy (non-hydrogen) atoms. The second-order valence-electron chi connectivity index (χ2n) is 14.5. The summed E-state index contributed by atoms with van der Waals surface area (Å²) in [6, 6.07) is 14.4. The van der Waals surface area contributed by atoms with Crippen molar-refractivity contribution in [2.45, 2.75) is 171 Å². The molecular weight excluding hydrogens is 715 g/mol. The number of hydrogen-bond acceptors (Lipinski definition) is 2. The van der Waals surface area contributed by atoms with E-state index in [-0.39, 0.29) is 0 Å². The molecule has 1 heterocycles. The van der Waals surface area contributed by atoms with Gasteiger partial charge in [0, 0.05) is 22.3 Å². The Hall–Kier alpha value is -1.90. The molecule has 0 amide bonds. The molecule has 0 unspecified atom stereocenters. The van der Waals surface area contributed by atoms with Crippen LogP contribution in [0.5, 0.6) is 0 Å². The zero-order valence-corrected chi connectivity index (χ0v) is 36.3. The van der Waals surface area contributed by atoms with Gasteiger partial charge in [0.2, 0.25) is 11.4 Å². The molecule has 3 rings (SSSR count). The van der Waals surface area contributed by atoms with Crippen LogP contribution in [0, 0.1) is 0 Å². The third-order valence-electron chi connectivity index (χ3n) is 9.90. The van der Waals surface area contributed by atoms with Crippen LogP contribution in [0.15, 0.2) is 47.5 Å². The molecule has 1 aliphatic rings. The Balaban J connectivity index is 0.000000880. The summed E-state index contributed by atoms with van der Waals surface area (Å²) in [6.45, 7) is 20.3. The summed E-state index contributed by atoms with van der Waals surface area (Å²) in [4.78, 5) is 0. The molecular formula is C46H76N4Pd. The Labute approximate surface area is 324 Å². The molecule has 0 fully saturated rings. The van der Waals surface area contributed by atoms with Crippen LogP contribution >= 0.6 is 0 Å². The van der Waals surface area contributed by atoms with E-state index in [4.69, 9.17) is 0 Å². The van der Waals surface area contributed by atoms with Crippen LogP contribution in [-0.2, 0) is 44.2 Å². The summed E-state index contributed by atoms with van der Waals surface area (Å²) in [5, 5.41) is 0. The molecule has 5 heteroatoms. The van der Waals surface area contributed by atoms with Crippen LogP contribution in [0.1, 0.15) is 179 Å². The summed E-state index contributed by atoms with van der Waals surface area (Å²) < 4.78 is 6.29. The van der Waals surface area contributed by atoms with Gasteiger partial charge in [-0.25, -0.2) is 4.70 Å². The number of aryl methyl sites for hydroxylation is 4. The maximum atomic E-state index is 12.3. The van der Waals surface area contributed by atoms with E-state index in [0.717, 1.165) is 88.7 Å². The molecule has 4 nitrogen and oxygen atoms in total. The minimum atomic E-state index is 0.663. The predicted octanol–water partition coefficient (Wildman–Crippen LogP) is 13.4. The molecule has 0 saturated carbocycles. The number of rotatable bonds is 24. The molecule has 2 aromatic carbocycles. The summed E-state index contributed by atoms with van der Waals surface area (Å²) in [6.07, 6.45) is 20.7. The van der Waals surface area contributed by atoms with E-state index < -0.39 is 0 Å². The second kappa shape index (κ2) is 26.0. The van der Waals surface area contributed by atoms with Gasteiger partial charge < -0.3 is 5.53 Å². The summed E-state index contributed by atoms with van der Waals surface area (Å²) in [7, 11) is 4.31. The van der Waals surface area contributed by atoms with Gasteiger partial charge in [-0.3, -0.25) is 0 Å². The fourth-order valence-electron chi connectivity index (χ4n) is 6.67. The third-order valence-corrected chi connectivity index (χ3v) is 11.9. The maximum absolute atomic E-state index is 12.3. The van der Waals surface area contributed by atoms with Gasteiger partial charge >= 0.3 is 66.6 Å². The molecule has 2 aromatic rings. The number of benzene rings is 2. The fraction of sp³-hybridized carbons (Fsp3) is 0.652. The molecule has 0 N–H and O–H groups in total. The van der Waals surface area contributed by atoms with Crippen LogP contribution in [-0.4, -0.2) is 38.9 Å². The Kier molecular flexibility index (Phi) is 23.0. The van der Waals surface area contributed by atoms with E-state index in [2.05, 4.69) is 113 Å². The molecule has 0 aromatic heterocycles. The van der Waals surface area contributed by atoms with Gasteiger partial charge in [0.05, 0.1) is 0 Å². The van der Waals surface area contributed by atoms with E-state index in [1.54, 1.807) is 4.70 Å². The van der Waals surface area contributed by atoms with Gasteiger partial charge in [-0.05, 0) is 124 Å². The molecule has 0 saturated heterocycles. The first-order valence-electron chi connectivity index (χ1n) is 20.9. The van der Waals surface area contributed by atoms with Gasteiger partial charge in [0.25, 0.3) is 0 Å². The van der Waals surface area contributed by atoms with E-state index in [0.29, 0.717) is 18.5 Å². The van der Waals surface area contributed by atoms with Crippen LogP contribution < -0.4 is 0 Å². The standard InChI is InChI=1S/C40H60N2.2C3H8N.Pd/c1-7-13-19-31-25-32(20-14-8-2)28-35(27-31)39-37(23-17-11-5)38(24-18-12-6)40(42(39)41)36-29-33(21-15-9-3)26-34(30-36)22-16-10-4;2*1-3-4-2;/h25-30H,7-24H2,1-6H3;2*3H2,1-2H3;/q;2*-1;+2. The van der Waals surface area contributed by atoms with Gasteiger partial charge in [-0.15, -0.1) is 0 Å². The predicted molar refractivity (Wildman–Crippen MR) is 220 cm³/mol. The van der Waals surface area contributed by atoms with Crippen LogP contribution in [0.4, 0.5) is 0 Å². The molecule has 0 aliphatic carbocycles. The monoisotopic (exact) mass is 791 g/mol. The van der Waals surface area contributed by atoms with Crippen molar-refractivity contribution >= 4 is 11.4 Å². The van der Waals surface area contributed by atoms with Crippen molar-refractivity contribution in [2.24, 2.45) is 0 Å². The van der Waals surface area contributed by atoms with Crippen molar-refractivity contribution in [3.63, 3.8) is 0 Å². The molecule has 0 atom stereocenters. The normalized spacial score (nSPS) is 13.3. The van der Waals surface area contributed by atoms with Crippen molar-refractivity contribution in [2.75, 3.05) is 27.2 Å². The first-order valence-corrected chi connectivity index (χ1v) is 22.3. The summed E-state index contributed by atoms with van der Waals surface area (Å²) in [5.41, 5.74) is 25.2. The minimum absolute atomic E-state index is 0.663. The van der Waals surface area contributed by atoms with Gasteiger partial charge in [0.1, 0.15) is 0 Å². The number of nitrogens with zero attached hydrogens (tertiary/aromatic N) is 4. The first kappa shape index (κ1) is 45.3. The molecule has 0 bridgehead atoms. The Morgan fingerprint density at radius 3 is 0.980 bits per heavy atom. The zero-order chi connectivity index (χ0) is 37.6. The second-order valence-corrected chi connectivity index (χ2v) is 17.2. The Morgan fingerprint density at radius 2 is 0.725 bits per heavy atom. The molecule has 0 spiro atoms. The molecule has 0 radical (unpaired) electrons. The van der Waals surface area contributed by atoms with Crippen molar-refractivity contribution in [1.29, 1.82) is 0 Å². The van der Waals surface area contributed by atoms with Crippen LogP contribution in [0.25, 0.3) is 16.9 Å². The Morgan fingerprint density at radius 1 is 0.451 bits per heavy atom. The average Bonchev–Trinajstić information content (AvgIpc) is 3.42. The van der Waals surface area contributed by atoms with E-state index in [1.807, 2.05) is 0 Å². The average molecular weight is 792 g/mol. The number of hydrogen-bond donors (Lipinski definition) is 0. The summed E-state index contributed by atoms with van der Waals surface area (Å²) in [5.74, 6) is 0. The molecule has 290 valence electrons. The molecule has 1 aliphatic heterocycles. The van der Waals surface area contributed by atoms with E-state index in [1.165, 1.54) is 95.9 Å². The SMILES string of the molecule is CCCCC1=C(c2cc(CCCC)cc(CCCC)c2)[N+](=[N-])C(c2cc(CCCC)cc(CCCC)c2)=C1CCCC.CC[N](C)[Pd][N](C)CC. The van der Waals surface area contributed by atoms with Crippen LogP contribution in [0.2, 0.25) is 0 Å². The first-order chi connectivity index (χ1) is 24.7. The zero-order valence-electron chi connectivity index (χ0n) is 34.7. The number of unbranched alkanes of at least 4 members (excludes halogenated alkanes) is 6. The van der Waals surface area contributed by atoms with Crippen LogP contribution in [0.3, 0.4) is 0 Å². The number of allylic oxidation sites excluding steroid dienone is 2. The Bertz CT molecular complexity index is 1220. The topological polar surface area (TPSA) is 31.8 Å². The van der Waals surface area contributed by atoms with Gasteiger partial charge in [-0.2, -0.15) is 0 Å². The van der Waals surface area contributed by atoms with Gasteiger partial charge in [-0.1, -0.05) is 92.2 Å². The summed E-state index contributed by atoms with van der Waals surface area (Å²) >= 11 is 0.663. The fourth-order valence-corrected chi connectivity index (χ4v) is 8.01. The third kappa shape index (κ3) is 15.2. The van der Waals surface area contributed by atoms with Gasteiger partial charge in [0.15, 0.2) is 0 Å². The van der Waals surface area contributed by atoms with Crippen molar-refractivity contribution < 1.29 is 23.2 Å². The van der Waals surface area contributed by atoms with Crippen molar-refractivity contribution in [1.82, 2.24) is 7.07 Å². The van der Waals surface area contributed by atoms with Crippen molar-refractivity contribution in [3.05, 3.63) is 86.5 Å². The van der Waals surface area contributed by atoms with Crippen molar-refractivity contribution in [3.8, 4) is 0 Å². The quantitative estimate of drug-likeness (QED) is 0.0783. The van der Waals surface area contributed by atoms with E-state index >= 15 is 0 Å².